The molecule has 2 atom stereocenters. The summed E-state index contributed by atoms with van der Waals surface area (Å²) < 4.78 is 5.89. The summed E-state index contributed by atoms with van der Waals surface area (Å²) in [6, 6.07) is 17.1. The molecule has 1 unspecified atom stereocenters. The molecule has 2 aromatic carbocycles. The van der Waals surface area contributed by atoms with Crippen molar-refractivity contribution in [2.24, 2.45) is 0 Å². The van der Waals surface area contributed by atoms with Crippen LogP contribution >= 0.6 is 23.1 Å². The number of nitrogens with one attached hydrogen (secondary N) is 2. The minimum Gasteiger partial charge on any atom is -0.494 e. The Hall–Kier alpha value is -4.22. The van der Waals surface area contributed by atoms with E-state index in [0.29, 0.717) is 16.5 Å². The fourth-order valence-electron chi connectivity index (χ4n) is 5.36. The Kier molecular flexibility index (Phi) is 15.1. The maximum absolute atomic E-state index is 13.5. The normalized spacial score (nSPS) is 12.6. The summed E-state index contributed by atoms with van der Waals surface area (Å²) in [7, 11) is 0. The van der Waals surface area contributed by atoms with E-state index in [1.165, 1.54) is 48.8 Å². The summed E-state index contributed by atoms with van der Waals surface area (Å²) in [5, 5.41) is 15.2. The maximum Gasteiger partial charge on any atom is 0.326 e. The molecule has 0 bridgehead atoms. The molecule has 0 aliphatic carbocycles. The largest absolute Gasteiger partial charge is 0.494 e. The number of rotatable bonds is 19. The second-order valence-corrected chi connectivity index (χ2v) is 15.7. The van der Waals surface area contributed by atoms with Crippen LogP contribution in [0.1, 0.15) is 86.3 Å². The van der Waals surface area contributed by atoms with Crippen LogP contribution in [0.25, 0.3) is 22.5 Å². The van der Waals surface area contributed by atoms with E-state index in [4.69, 9.17) is 4.74 Å². The first kappa shape index (κ1) is 39.6. The van der Waals surface area contributed by atoms with Crippen LogP contribution in [0.4, 0.5) is 0 Å². The van der Waals surface area contributed by atoms with Gasteiger partial charge >= 0.3 is 5.97 Å². The number of nitrogens with zero attached hydrogens (tertiary/aromatic N) is 2. The summed E-state index contributed by atoms with van der Waals surface area (Å²) in [5.74, 6) is -0.0537. The van der Waals surface area contributed by atoms with Crippen molar-refractivity contribution in [1.29, 1.82) is 0 Å². The first-order valence-electron chi connectivity index (χ1n) is 17.6. The van der Waals surface area contributed by atoms with Crippen LogP contribution < -0.4 is 15.4 Å². The smallest absolute Gasteiger partial charge is 0.326 e. The van der Waals surface area contributed by atoms with Gasteiger partial charge in [0.05, 0.1) is 11.5 Å². The number of hydrogen-bond donors (Lipinski definition) is 3. The monoisotopic (exact) mass is 730 g/mol. The van der Waals surface area contributed by atoms with E-state index in [1.54, 1.807) is 18.5 Å². The number of ether oxygens (including phenoxy) is 1. The van der Waals surface area contributed by atoms with Crippen LogP contribution in [0, 0.1) is 0 Å². The van der Waals surface area contributed by atoms with Gasteiger partial charge in [0.1, 0.15) is 17.8 Å². The molecule has 9 nitrogen and oxygen atoms in total. The second-order valence-electron chi connectivity index (χ2n) is 13.6. The van der Waals surface area contributed by atoms with Crippen LogP contribution in [0.3, 0.4) is 0 Å². The third-order valence-electron chi connectivity index (χ3n) is 8.42. The highest BCUT2D eigenvalue weighted by Gasteiger charge is 2.28. The standard InChI is InChI=1S/C40H50N4O5S2/c1-6-7-8-9-10-22-49-31-17-15-28(16-18-31)30-25-41-36(42-26-30)29-13-11-27(12-14-29)24-33(37(45)43-32(39(47)48)21-23-50-5)44-38(46)34-19-20-35(51-34)40(2,3)4/h11-20,25-26,32-33H,6-10,21-24H2,1-5H3,(H,43,45)(H,44,46)(H,47,48)/t32-,33?/m0/s1. The number of carbonyl (C=O) groups excluding carboxylic acids is 2. The second kappa shape index (κ2) is 19.4. The van der Waals surface area contributed by atoms with E-state index >= 15 is 0 Å². The van der Waals surface area contributed by atoms with Crippen LogP contribution in [-0.2, 0) is 21.4 Å². The molecule has 0 fully saturated rings. The Morgan fingerprint density at radius 2 is 1.51 bits per heavy atom. The summed E-state index contributed by atoms with van der Waals surface area (Å²) >= 11 is 2.89. The van der Waals surface area contributed by atoms with E-state index in [1.807, 2.05) is 60.9 Å². The van der Waals surface area contributed by atoms with Crippen molar-refractivity contribution >= 4 is 40.9 Å². The molecular formula is C40H50N4O5S2. The minimum atomic E-state index is -1.11. The number of aliphatic carboxylic acids is 1. The van der Waals surface area contributed by atoms with E-state index in [0.717, 1.165) is 45.9 Å². The third-order valence-corrected chi connectivity index (χ3v) is 10.6. The Morgan fingerprint density at radius 3 is 2.12 bits per heavy atom. The lowest BCUT2D eigenvalue weighted by atomic mass is 9.95. The number of carboxylic acids is 1. The molecule has 3 N–H and O–H groups in total. The molecule has 2 heterocycles. The minimum absolute atomic E-state index is 0.120. The topological polar surface area (TPSA) is 131 Å². The zero-order valence-corrected chi connectivity index (χ0v) is 31.9. The van der Waals surface area contributed by atoms with Crippen LogP contribution in [0.5, 0.6) is 5.75 Å². The van der Waals surface area contributed by atoms with Crippen molar-refractivity contribution < 1.29 is 24.2 Å². The van der Waals surface area contributed by atoms with Crippen molar-refractivity contribution in [3.05, 3.63) is 88.4 Å². The molecule has 0 radical (unpaired) electrons. The average molecular weight is 731 g/mol. The van der Waals surface area contributed by atoms with Crippen molar-refractivity contribution in [2.45, 2.75) is 90.1 Å². The van der Waals surface area contributed by atoms with Crippen molar-refractivity contribution in [3.63, 3.8) is 0 Å². The van der Waals surface area contributed by atoms with Gasteiger partial charge in [-0.1, -0.05) is 89.8 Å². The first-order chi connectivity index (χ1) is 24.5. The molecule has 2 aromatic heterocycles. The Morgan fingerprint density at radius 1 is 0.843 bits per heavy atom. The molecule has 4 aromatic rings. The van der Waals surface area contributed by atoms with E-state index in [-0.39, 0.29) is 24.2 Å². The number of benzene rings is 2. The average Bonchev–Trinajstić information content (AvgIpc) is 3.64. The van der Waals surface area contributed by atoms with Gasteiger partial charge in [-0.3, -0.25) is 9.59 Å². The quantitative estimate of drug-likeness (QED) is 0.0824. The lowest BCUT2D eigenvalue weighted by molar-refractivity contribution is -0.142. The number of thiophene rings is 1. The highest BCUT2D eigenvalue weighted by molar-refractivity contribution is 7.98. The van der Waals surface area contributed by atoms with Gasteiger partial charge in [0.25, 0.3) is 5.91 Å². The van der Waals surface area contributed by atoms with Crippen LogP contribution in [0.2, 0.25) is 0 Å². The molecule has 0 saturated carbocycles. The molecule has 11 heteroatoms. The van der Waals surface area contributed by atoms with Gasteiger partial charge in [-0.2, -0.15) is 11.8 Å². The van der Waals surface area contributed by atoms with Crippen molar-refractivity contribution in [1.82, 2.24) is 20.6 Å². The third kappa shape index (κ3) is 12.2. The maximum atomic E-state index is 13.5. The molecule has 0 aliphatic heterocycles. The fraction of sp³-hybridized carbons (Fsp3) is 0.425. The van der Waals surface area contributed by atoms with Gasteiger partial charge in [0.15, 0.2) is 5.82 Å². The van der Waals surface area contributed by atoms with Gasteiger partial charge in [-0.15, -0.1) is 11.3 Å². The van der Waals surface area contributed by atoms with Gasteiger partial charge in [-0.05, 0) is 65.7 Å². The molecule has 51 heavy (non-hydrogen) atoms. The number of carboxylic acid groups (broad SMARTS) is 1. The molecule has 0 saturated heterocycles. The number of carbonyl (C=O) groups is 3. The number of unbranched alkanes of at least 4 members (excludes halogenated alkanes) is 4. The Balaban J connectivity index is 1.42. The molecule has 2 amide bonds. The fourth-order valence-corrected chi connectivity index (χ4v) is 6.80. The predicted octanol–water partition coefficient (Wildman–Crippen LogP) is 8.18. The lowest BCUT2D eigenvalue weighted by Crippen LogP contribution is -2.52. The highest BCUT2D eigenvalue weighted by Crippen LogP contribution is 2.29. The van der Waals surface area contributed by atoms with Gasteiger partial charge < -0.3 is 20.5 Å². The highest BCUT2D eigenvalue weighted by atomic mass is 32.2. The van der Waals surface area contributed by atoms with Gasteiger partial charge in [0, 0.05) is 34.8 Å². The molecule has 4 rings (SSSR count). The zero-order valence-electron chi connectivity index (χ0n) is 30.2. The predicted molar refractivity (Wildman–Crippen MR) is 208 cm³/mol. The number of hydrogen-bond acceptors (Lipinski definition) is 8. The molecule has 0 spiro atoms. The molecule has 272 valence electrons. The van der Waals surface area contributed by atoms with E-state index in [2.05, 4.69) is 48.3 Å². The summed E-state index contributed by atoms with van der Waals surface area (Å²) in [6.45, 7) is 9.16. The lowest BCUT2D eigenvalue weighted by Gasteiger charge is -2.21. The van der Waals surface area contributed by atoms with Crippen LogP contribution in [-0.4, -0.2) is 63.6 Å². The number of thioether (sulfide) groups is 1. The SMILES string of the molecule is CCCCCCCOc1ccc(-c2cnc(-c3ccc(CC(NC(=O)c4ccc(C(C)(C)C)s4)C(=O)N[C@@H](CCSC)C(=O)O)cc3)nc2)cc1. The van der Waals surface area contributed by atoms with Gasteiger partial charge in [0.2, 0.25) is 5.91 Å². The Bertz CT molecular complexity index is 1700. The first-order valence-corrected chi connectivity index (χ1v) is 19.8. The number of amides is 2. The molecular weight excluding hydrogens is 681 g/mol. The summed E-state index contributed by atoms with van der Waals surface area (Å²) in [4.78, 5) is 49.4. The zero-order chi connectivity index (χ0) is 36.8. The van der Waals surface area contributed by atoms with E-state index < -0.39 is 24.0 Å². The van der Waals surface area contributed by atoms with Crippen LogP contribution in [0.15, 0.2) is 73.1 Å². The van der Waals surface area contributed by atoms with Gasteiger partial charge in [-0.25, -0.2) is 14.8 Å². The van der Waals surface area contributed by atoms with Crippen molar-refractivity contribution in [2.75, 3.05) is 18.6 Å². The summed E-state index contributed by atoms with van der Waals surface area (Å²) in [6.07, 6.45) is 11.9. The van der Waals surface area contributed by atoms with Crippen molar-refractivity contribution in [3.8, 4) is 28.3 Å². The molecule has 0 aliphatic rings. The Labute approximate surface area is 310 Å². The van der Waals surface area contributed by atoms with E-state index in [9.17, 15) is 19.5 Å². The number of aromatic nitrogens is 2. The summed E-state index contributed by atoms with van der Waals surface area (Å²) in [5.41, 5.74) is 3.36.